The summed E-state index contributed by atoms with van der Waals surface area (Å²) in [5.41, 5.74) is 5.35. The Balaban J connectivity index is 1.72. The summed E-state index contributed by atoms with van der Waals surface area (Å²) >= 11 is 0. The molecule has 0 radical (unpaired) electrons. The largest absolute Gasteiger partial charge is 0.354 e. The maximum atomic E-state index is 4.24. The smallest absolute Gasteiger partial charge is 0.0650 e. The van der Waals surface area contributed by atoms with E-state index in [1.54, 1.807) is 6.21 Å². The van der Waals surface area contributed by atoms with Crippen LogP contribution in [-0.2, 0) is 0 Å². The molecule has 2 aromatic heterocycles. The van der Waals surface area contributed by atoms with Gasteiger partial charge in [-0.25, -0.2) is 0 Å². The van der Waals surface area contributed by atoms with Crippen LogP contribution in [0.25, 0.3) is 28.4 Å². The number of nitrogens with zero attached hydrogens (tertiary/aromatic N) is 1. The van der Waals surface area contributed by atoms with E-state index >= 15 is 0 Å². The fraction of sp³-hybridized carbons (Fsp3) is 0. The van der Waals surface area contributed by atoms with Gasteiger partial charge in [-0.15, -0.1) is 0 Å². The Hall–Kier alpha value is -2.81. The number of aromatic amines is 2. The lowest BCUT2D eigenvalue weighted by Crippen LogP contribution is -1.78. The van der Waals surface area contributed by atoms with Crippen LogP contribution >= 0.6 is 0 Å². The van der Waals surface area contributed by atoms with Gasteiger partial charge in [0.1, 0.15) is 0 Å². The third-order valence-corrected chi connectivity index (χ3v) is 3.41. The van der Waals surface area contributed by atoms with Gasteiger partial charge in [0.15, 0.2) is 0 Å². The molecule has 20 heavy (non-hydrogen) atoms. The summed E-state index contributed by atoms with van der Waals surface area (Å²) in [7, 11) is 0. The highest BCUT2D eigenvalue weighted by molar-refractivity contribution is 5.85. The molecule has 0 saturated heterocycles. The van der Waals surface area contributed by atoms with E-state index < -0.39 is 0 Å². The number of aromatic nitrogens is 2. The normalized spacial score (nSPS) is 15.7. The first kappa shape index (κ1) is 11.1. The highest BCUT2D eigenvalue weighted by Crippen LogP contribution is 2.24. The first-order valence-electron chi connectivity index (χ1n) is 6.58. The quantitative estimate of drug-likeness (QED) is 0.694. The van der Waals surface area contributed by atoms with Crippen LogP contribution in [0.4, 0.5) is 0 Å². The Kier molecular flexibility index (Phi) is 2.42. The third-order valence-electron chi connectivity index (χ3n) is 3.41. The molecule has 0 atom stereocenters. The highest BCUT2D eigenvalue weighted by Gasteiger charge is 2.05. The van der Waals surface area contributed by atoms with Gasteiger partial charge in [-0.3, -0.25) is 4.99 Å². The Labute approximate surface area is 116 Å². The molecule has 0 spiro atoms. The first-order valence-corrected chi connectivity index (χ1v) is 6.58. The van der Waals surface area contributed by atoms with E-state index in [1.165, 1.54) is 5.39 Å². The predicted octanol–water partition coefficient (Wildman–Crippen LogP) is 4.14. The van der Waals surface area contributed by atoms with Gasteiger partial charge in [0.05, 0.1) is 17.1 Å². The van der Waals surface area contributed by atoms with Crippen molar-refractivity contribution in [2.24, 2.45) is 4.99 Å². The van der Waals surface area contributed by atoms with Crippen LogP contribution in [0.15, 0.2) is 65.3 Å². The van der Waals surface area contributed by atoms with Gasteiger partial charge in [-0.1, -0.05) is 18.2 Å². The standard InChI is InChI=1S/C17H13N3/c1-2-6-15-12(4-1)10-17(20-15)16-8-7-14(19-16)11-13-5-3-9-18-13/h1-11,19-20H/b13-11-. The number of rotatable bonds is 2. The molecule has 0 fully saturated rings. The highest BCUT2D eigenvalue weighted by atomic mass is 14.8. The number of hydrogen-bond donors (Lipinski definition) is 2. The van der Waals surface area contributed by atoms with Crippen molar-refractivity contribution in [3.63, 3.8) is 0 Å². The Morgan fingerprint density at radius 2 is 1.90 bits per heavy atom. The minimum Gasteiger partial charge on any atom is -0.354 e. The molecule has 3 nitrogen and oxygen atoms in total. The molecule has 96 valence electrons. The fourth-order valence-corrected chi connectivity index (χ4v) is 2.43. The second-order valence-electron chi connectivity index (χ2n) is 4.80. The number of H-pyrrole nitrogens is 2. The average Bonchev–Trinajstić information content (AvgIpc) is 3.18. The van der Waals surface area contributed by atoms with Crippen molar-refractivity contribution in [3.8, 4) is 11.4 Å². The molecular formula is C17H13N3. The van der Waals surface area contributed by atoms with Crippen LogP contribution in [0.2, 0.25) is 0 Å². The monoisotopic (exact) mass is 259 g/mol. The number of aliphatic imine (C=N–C) groups is 1. The molecule has 3 aromatic rings. The van der Waals surface area contributed by atoms with Gasteiger partial charge in [0, 0.05) is 22.8 Å². The molecule has 1 aromatic carbocycles. The van der Waals surface area contributed by atoms with E-state index in [9.17, 15) is 0 Å². The number of allylic oxidation sites excluding steroid dienone is 2. The minimum atomic E-state index is 0.968. The second-order valence-corrected chi connectivity index (χ2v) is 4.80. The summed E-state index contributed by atoms with van der Waals surface area (Å²) in [5.74, 6) is 0. The van der Waals surface area contributed by atoms with Crippen molar-refractivity contribution in [2.45, 2.75) is 0 Å². The van der Waals surface area contributed by atoms with Crippen LogP contribution in [0.5, 0.6) is 0 Å². The molecule has 1 aliphatic rings. The maximum absolute atomic E-state index is 4.24. The summed E-state index contributed by atoms with van der Waals surface area (Å²) < 4.78 is 0. The molecule has 0 amide bonds. The van der Waals surface area contributed by atoms with Gasteiger partial charge in [0.25, 0.3) is 0 Å². The Morgan fingerprint density at radius 1 is 0.950 bits per heavy atom. The number of hydrogen-bond acceptors (Lipinski definition) is 1. The van der Waals surface area contributed by atoms with Crippen molar-refractivity contribution >= 4 is 23.2 Å². The van der Waals surface area contributed by atoms with Gasteiger partial charge < -0.3 is 9.97 Å². The van der Waals surface area contributed by atoms with E-state index in [1.807, 2.05) is 24.3 Å². The lowest BCUT2D eigenvalue weighted by Gasteiger charge is -1.93. The minimum absolute atomic E-state index is 0.968. The Morgan fingerprint density at radius 3 is 2.75 bits per heavy atom. The van der Waals surface area contributed by atoms with E-state index in [-0.39, 0.29) is 0 Å². The maximum Gasteiger partial charge on any atom is 0.0650 e. The summed E-state index contributed by atoms with van der Waals surface area (Å²) in [6.07, 6.45) is 7.76. The van der Waals surface area contributed by atoms with Gasteiger partial charge in [-0.05, 0) is 42.5 Å². The summed E-state index contributed by atoms with van der Waals surface area (Å²) in [6, 6.07) is 14.6. The number of nitrogens with one attached hydrogen (secondary N) is 2. The zero-order chi connectivity index (χ0) is 13.4. The second kappa shape index (κ2) is 4.38. The van der Waals surface area contributed by atoms with Crippen LogP contribution in [0.3, 0.4) is 0 Å². The average molecular weight is 259 g/mol. The number of fused-ring (bicyclic) bond motifs is 1. The third kappa shape index (κ3) is 1.89. The van der Waals surface area contributed by atoms with Crippen LogP contribution < -0.4 is 0 Å². The predicted molar refractivity (Wildman–Crippen MR) is 83.7 cm³/mol. The van der Waals surface area contributed by atoms with E-state index in [0.717, 1.165) is 28.3 Å². The van der Waals surface area contributed by atoms with Crippen molar-refractivity contribution in [1.82, 2.24) is 9.97 Å². The van der Waals surface area contributed by atoms with Crippen LogP contribution in [0, 0.1) is 0 Å². The lowest BCUT2D eigenvalue weighted by molar-refractivity contribution is 1.32. The zero-order valence-electron chi connectivity index (χ0n) is 10.8. The molecule has 0 bridgehead atoms. The van der Waals surface area contributed by atoms with E-state index in [4.69, 9.17) is 0 Å². The van der Waals surface area contributed by atoms with Crippen molar-refractivity contribution in [3.05, 3.63) is 66.0 Å². The van der Waals surface area contributed by atoms with Crippen molar-refractivity contribution < 1.29 is 0 Å². The topological polar surface area (TPSA) is 43.9 Å². The molecule has 3 heteroatoms. The van der Waals surface area contributed by atoms with Crippen LogP contribution in [0.1, 0.15) is 5.69 Å². The summed E-state index contributed by atoms with van der Waals surface area (Å²) in [6.45, 7) is 0. The molecular weight excluding hydrogens is 246 g/mol. The fourth-order valence-electron chi connectivity index (χ4n) is 2.43. The van der Waals surface area contributed by atoms with Gasteiger partial charge in [-0.2, -0.15) is 0 Å². The van der Waals surface area contributed by atoms with Crippen LogP contribution in [-0.4, -0.2) is 16.2 Å². The molecule has 0 saturated carbocycles. The molecule has 2 N–H and O–H groups in total. The molecule has 4 rings (SSSR count). The lowest BCUT2D eigenvalue weighted by atomic mass is 10.2. The van der Waals surface area contributed by atoms with Gasteiger partial charge >= 0.3 is 0 Å². The summed E-state index contributed by atoms with van der Waals surface area (Å²) in [4.78, 5) is 11.1. The number of para-hydroxylation sites is 1. The Bertz CT molecular complexity index is 812. The summed E-state index contributed by atoms with van der Waals surface area (Å²) in [5, 5.41) is 1.22. The van der Waals surface area contributed by atoms with E-state index in [0.29, 0.717) is 0 Å². The van der Waals surface area contributed by atoms with Crippen molar-refractivity contribution in [2.75, 3.05) is 0 Å². The molecule has 0 unspecified atom stereocenters. The first-order chi connectivity index (χ1) is 9.88. The van der Waals surface area contributed by atoms with E-state index in [2.05, 4.69) is 51.4 Å². The van der Waals surface area contributed by atoms with Crippen molar-refractivity contribution in [1.29, 1.82) is 0 Å². The molecule has 0 aliphatic carbocycles. The van der Waals surface area contributed by atoms with Gasteiger partial charge in [0.2, 0.25) is 0 Å². The molecule has 1 aliphatic heterocycles. The zero-order valence-corrected chi connectivity index (χ0v) is 10.8. The number of benzene rings is 1. The molecule has 3 heterocycles. The SMILES string of the molecule is C1=C/C(=C/c2ccc(-c3cc4ccccc4[nH]3)[nH]2)N=C1.